The summed E-state index contributed by atoms with van der Waals surface area (Å²) in [5.41, 5.74) is 1.12. The highest BCUT2D eigenvalue weighted by molar-refractivity contribution is 5.79. The number of carbonyl (C=O) groups excluding carboxylic acids is 1. The van der Waals surface area contributed by atoms with Gasteiger partial charge in [-0.15, -0.1) is 0 Å². The SMILES string of the molecule is C[C@@H]1CNC[C@H]1C(=O)N[C@@H](CO)Cc1ccccc1. The molecule has 0 spiro atoms. The van der Waals surface area contributed by atoms with E-state index in [1.165, 1.54) is 0 Å². The quantitative estimate of drug-likeness (QED) is 0.727. The Hall–Kier alpha value is -1.39. The minimum absolute atomic E-state index is 0.0184. The molecule has 4 nitrogen and oxygen atoms in total. The summed E-state index contributed by atoms with van der Waals surface area (Å²) in [6.07, 6.45) is 0.664. The third-order valence-electron chi connectivity index (χ3n) is 3.75. The Labute approximate surface area is 114 Å². The molecule has 1 amide bonds. The summed E-state index contributed by atoms with van der Waals surface area (Å²) in [4.78, 5) is 12.2. The van der Waals surface area contributed by atoms with E-state index < -0.39 is 0 Å². The number of aliphatic hydroxyl groups is 1. The van der Waals surface area contributed by atoms with Crippen LogP contribution in [0.3, 0.4) is 0 Å². The van der Waals surface area contributed by atoms with Gasteiger partial charge in [0.15, 0.2) is 0 Å². The molecule has 3 atom stereocenters. The van der Waals surface area contributed by atoms with Crippen LogP contribution in [0.4, 0.5) is 0 Å². The molecule has 1 heterocycles. The lowest BCUT2D eigenvalue weighted by Crippen LogP contribution is -2.44. The summed E-state index contributed by atoms with van der Waals surface area (Å²) < 4.78 is 0. The molecule has 1 saturated heterocycles. The summed E-state index contributed by atoms with van der Waals surface area (Å²) in [6.45, 7) is 3.67. The van der Waals surface area contributed by atoms with E-state index in [4.69, 9.17) is 0 Å². The smallest absolute Gasteiger partial charge is 0.225 e. The van der Waals surface area contributed by atoms with Gasteiger partial charge < -0.3 is 15.7 Å². The van der Waals surface area contributed by atoms with E-state index >= 15 is 0 Å². The number of carbonyl (C=O) groups is 1. The Morgan fingerprint density at radius 3 is 2.74 bits per heavy atom. The van der Waals surface area contributed by atoms with E-state index in [1.807, 2.05) is 30.3 Å². The molecule has 0 bridgehead atoms. The van der Waals surface area contributed by atoms with Crippen molar-refractivity contribution in [3.05, 3.63) is 35.9 Å². The average molecular weight is 262 g/mol. The molecule has 1 aromatic carbocycles. The van der Waals surface area contributed by atoms with Gasteiger partial charge in [0.2, 0.25) is 5.91 Å². The molecule has 1 aliphatic rings. The average Bonchev–Trinajstić information content (AvgIpc) is 2.85. The zero-order chi connectivity index (χ0) is 13.7. The molecule has 3 N–H and O–H groups in total. The Bertz CT molecular complexity index is 408. The van der Waals surface area contributed by atoms with Crippen molar-refractivity contribution in [1.29, 1.82) is 0 Å². The van der Waals surface area contributed by atoms with E-state index in [0.717, 1.165) is 18.7 Å². The van der Waals surface area contributed by atoms with Crippen molar-refractivity contribution < 1.29 is 9.90 Å². The maximum Gasteiger partial charge on any atom is 0.225 e. The Kier molecular flexibility index (Phi) is 4.93. The van der Waals surface area contributed by atoms with E-state index in [-0.39, 0.29) is 24.5 Å². The number of benzene rings is 1. The molecule has 1 aliphatic heterocycles. The van der Waals surface area contributed by atoms with Crippen LogP contribution in [0.5, 0.6) is 0 Å². The second-order valence-electron chi connectivity index (χ2n) is 5.32. The summed E-state index contributed by atoms with van der Waals surface area (Å²) in [5, 5.41) is 15.6. The number of amides is 1. The maximum atomic E-state index is 12.2. The molecular formula is C15H22N2O2. The molecule has 0 radical (unpaired) electrons. The zero-order valence-electron chi connectivity index (χ0n) is 11.3. The van der Waals surface area contributed by atoms with Crippen molar-refractivity contribution in [3.8, 4) is 0 Å². The Balaban J connectivity index is 1.90. The van der Waals surface area contributed by atoms with Crippen LogP contribution in [0.15, 0.2) is 30.3 Å². The fraction of sp³-hybridized carbons (Fsp3) is 0.533. The van der Waals surface area contributed by atoms with Crippen molar-refractivity contribution in [3.63, 3.8) is 0 Å². The molecule has 1 aromatic rings. The minimum atomic E-state index is -0.206. The van der Waals surface area contributed by atoms with Crippen molar-refractivity contribution in [2.24, 2.45) is 11.8 Å². The largest absolute Gasteiger partial charge is 0.394 e. The number of hydrogen-bond acceptors (Lipinski definition) is 3. The predicted molar refractivity (Wildman–Crippen MR) is 74.7 cm³/mol. The van der Waals surface area contributed by atoms with Crippen LogP contribution in [-0.2, 0) is 11.2 Å². The first-order valence-corrected chi connectivity index (χ1v) is 6.86. The lowest BCUT2D eigenvalue weighted by atomic mass is 9.96. The lowest BCUT2D eigenvalue weighted by molar-refractivity contribution is -0.126. The van der Waals surface area contributed by atoms with Crippen LogP contribution < -0.4 is 10.6 Å². The van der Waals surface area contributed by atoms with Gasteiger partial charge in [-0.25, -0.2) is 0 Å². The third-order valence-corrected chi connectivity index (χ3v) is 3.75. The number of rotatable bonds is 5. The van der Waals surface area contributed by atoms with Gasteiger partial charge in [-0.2, -0.15) is 0 Å². The zero-order valence-corrected chi connectivity index (χ0v) is 11.3. The van der Waals surface area contributed by atoms with Gasteiger partial charge >= 0.3 is 0 Å². The molecule has 0 aromatic heterocycles. The van der Waals surface area contributed by atoms with Gasteiger partial charge in [0.25, 0.3) is 0 Å². The molecule has 1 fully saturated rings. The first kappa shape index (κ1) is 14.0. The number of aliphatic hydroxyl groups excluding tert-OH is 1. The first-order chi connectivity index (χ1) is 9.20. The topological polar surface area (TPSA) is 61.4 Å². The van der Waals surface area contributed by atoms with Crippen molar-refractivity contribution in [2.45, 2.75) is 19.4 Å². The Morgan fingerprint density at radius 1 is 1.42 bits per heavy atom. The van der Waals surface area contributed by atoms with E-state index in [1.54, 1.807) is 0 Å². The van der Waals surface area contributed by atoms with Gasteiger partial charge in [-0.1, -0.05) is 37.3 Å². The van der Waals surface area contributed by atoms with Gasteiger partial charge in [0.05, 0.1) is 18.6 Å². The summed E-state index contributed by atoms with van der Waals surface area (Å²) in [7, 11) is 0. The second kappa shape index (κ2) is 6.68. The van der Waals surface area contributed by atoms with Gasteiger partial charge in [0.1, 0.15) is 0 Å². The van der Waals surface area contributed by atoms with Crippen LogP contribution in [0, 0.1) is 11.8 Å². The first-order valence-electron chi connectivity index (χ1n) is 6.86. The summed E-state index contributed by atoms with van der Waals surface area (Å²) in [6, 6.07) is 9.71. The standard InChI is InChI=1S/C15H22N2O2/c1-11-8-16-9-14(11)15(19)17-13(10-18)7-12-5-3-2-4-6-12/h2-6,11,13-14,16,18H,7-10H2,1H3,(H,17,19)/t11-,13-,14-/m1/s1. The Morgan fingerprint density at radius 2 is 2.16 bits per heavy atom. The van der Waals surface area contributed by atoms with E-state index in [9.17, 15) is 9.90 Å². The van der Waals surface area contributed by atoms with Crippen molar-refractivity contribution >= 4 is 5.91 Å². The molecule has 4 heteroatoms. The van der Waals surface area contributed by atoms with Gasteiger partial charge in [0, 0.05) is 6.54 Å². The molecule has 0 saturated carbocycles. The third kappa shape index (κ3) is 3.78. The highest BCUT2D eigenvalue weighted by atomic mass is 16.3. The summed E-state index contributed by atoms with van der Waals surface area (Å²) >= 11 is 0. The van der Waals surface area contributed by atoms with Crippen LogP contribution in [0.1, 0.15) is 12.5 Å². The fourth-order valence-corrected chi connectivity index (χ4v) is 2.53. The van der Waals surface area contributed by atoms with Crippen LogP contribution in [0.2, 0.25) is 0 Å². The van der Waals surface area contributed by atoms with Crippen molar-refractivity contribution in [1.82, 2.24) is 10.6 Å². The van der Waals surface area contributed by atoms with Crippen LogP contribution >= 0.6 is 0 Å². The van der Waals surface area contributed by atoms with E-state index in [2.05, 4.69) is 17.6 Å². The number of hydrogen-bond donors (Lipinski definition) is 3. The highest BCUT2D eigenvalue weighted by Gasteiger charge is 2.30. The molecule has 19 heavy (non-hydrogen) atoms. The predicted octanol–water partition coefficient (Wildman–Crippen LogP) is 0.562. The molecule has 2 rings (SSSR count). The molecular weight excluding hydrogens is 240 g/mol. The minimum Gasteiger partial charge on any atom is -0.394 e. The molecule has 104 valence electrons. The van der Waals surface area contributed by atoms with Crippen LogP contribution in [-0.4, -0.2) is 36.8 Å². The number of nitrogens with one attached hydrogen (secondary N) is 2. The van der Waals surface area contributed by atoms with Crippen molar-refractivity contribution in [2.75, 3.05) is 19.7 Å². The molecule has 0 aliphatic carbocycles. The maximum absolute atomic E-state index is 12.2. The summed E-state index contributed by atoms with van der Waals surface area (Å²) in [5.74, 6) is 0.424. The van der Waals surface area contributed by atoms with Gasteiger partial charge in [-0.3, -0.25) is 4.79 Å². The fourth-order valence-electron chi connectivity index (χ4n) is 2.53. The van der Waals surface area contributed by atoms with Crippen LogP contribution in [0.25, 0.3) is 0 Å². The van der Waals surface area contributed by atoms with Gasteiger partial charge in [-0.05, 0) is 24.4 Å². The lowest BCUT2D eigenvalue weighted by Gasteiger charge is -2.20. The van der Waals surface area contributed by atoms with E-state index in [0.29, 0.717) is 12.3 Å². The molecule has 0 unspecified atom stereocenters. The second-order valence-corrected chi connectivity index (χ2v) is 5.32. The monoisotopic (exact) mass is 262 g/mol. The normalized spacial score (nSPS) is 24.1. The highest BCUT2D eigenvalue weighted by Crippen LogP contribution is 2.16.